The van der Waals surface area contributed by atoms with E-state index in [-0.39, 0.29) is 17.4 Å². The molecular formula is C20H20F2O2. The lowest BCUT2D eigenvalue weighted by Gasteiger charge is -2.27. The van der Waals surface area contributed by atoms with Crippen LogP contribution < -0.4 is 4.74 Å². The minimum Gasteiger partial charge on any atom is -0.494 e. The first-order valence-corrected chi connectivity index (χ1v) is 8.00. The van der Waals surface area contributed by atoms with E-state index in [2.05, 4.69) is 6.58 Å². The van der Waals surface area contributed by atoms with Gasteiger partial charge in [0.1, 0.15) is 0 Å². The number of hydrogen-bond acceptors (Lipinski definition) is 2. The van der Waals surface area contributed by atoms with Crippen LogP contribution in [-0.4, -0.2) is 19.8 Å². The smallest absolute Gasteiger partial charge is 0.201 e. The molecule has 1 heterocycles. The Morgan fingerprint density at radius 3 is 2.42 bits per heavy atom. The molecule has 0 spiro atoms. The van der Waals surface area contributed by atoms with Gasteiger partial charge in [0.15, 0.2) is 11.6 Å². The fraction of sp³-hybridized carbons (Fsp3) is 0.300. The van der Waals surface area contributed by atoms with E-state index in [1.165, 1.54) is 19.2 Å². The fourth-order valence-electron chi connectivity index (χ4n) is 3.07. The molecule has 2 unspecified atom stereocenters. The molecule has 126 valence electrons. The van der Waals surface area contributed by atoms with Crippen LogP contribution in [0.25, 0.3) is 11.1 Å². The Morgan fingerprint density at radius 1 is 1.08 bits per heavy atom. The summed E-state index contributed by atoms with van der Waals surface area (Å²) in [4.78, 5) is 0. The molecule has 1 aliphatic rings. The molecule has 3 rings (SSSR count). The molecule has 4 heteroatoms. The van der Waals surface area contributed by atoms with Crippen molar-refractivity contribution >= 4 is 0 Å². The molecule has 0 N–H and O–H groups in total. The Kier molecular flexibility index (Phi) is 4.95. The van der Waals surface area contributed by atoms with E-state index in [9.17, 15) is 8.78 Å². The minimum atomic E-state index is -0.963. The van der Waals surface area contributed by atoms with E-state index in [0.717, 1.165) is 18.4 Å². The highest BCUT2D eigenvalue weighted by Crippen LogP contribution is 2.32. The lowest BCUT2D eigenvalue weighted by molar-refractivity contribution is 0.0329. The quantitative estimate of drug-likeness (QED) is 0.727. The normalized spacial score (nSPS) is 20.6. The molecule has 2 atom stereocenters. The maximum absolute atomic E-state index is 14.2. The summed E-state index contributed by atoms with van der Waals surface area (Å²) in [6.45, 7) is 4.41. The van der Waals surface area contributed by atoms with E-state index in [1.807, 2.05) is 30.3 Å². The van der Waals surface area contributed by atoms with E-state index in [0.29, 0.717) is 18.1 Å². The van der Waals surface area contributed by atoms with Gasteiger partial charge in [-0.15, -0.1) is 6.58 Å². The predicted molar refractivity (Wildman–Crippen MR) is 90.3 cm³/mol. The van der Waals surface area contributed by atoms with Gasteiger partial charge in [-0.1, -0.05) is 30.3 Å². The lowest BCUT2D eigenvalue weighted by Crippen LogP contribution is -2.22. The molecule has 2 aromatic rings. The second kappa shape index (κ2) is 7.14. The van der Waals surface area contributed by atoms with Gasteiger partial charge in [-0.05, 0) is 36.1 Å². The molecular weight excluding hydrogens is 310 g/mol. The van der Waals surface area contributed by atoms with Gasteiger partial charge in [0.2, 0.25) is 5.82 Å². The van der Waals surface area contributed by atoms with Gasteiger partial charge < -0.3 is 9.47 Å². The standard InChI is InChI=1S/C20H20F2O2/c1-3-16-9-8-15(12-24-16)13-4-6-14(7-5-13)17-10-11-18(23-2)20(22)19(17)21/h3-7,10-11,15-16H,1,8-9,12H2,2H3. The van der Waals surface area contributed by atoms with Crippen molar-refractivity contribution in [1.29, 1.82) is 0 Å². The monoisotopic (exact) mass is 330 g/mol. The summed E-state index contributed by atoms with van der Waals surface area (Å²) in [6, 6.07) is 10.5. The molecule has 0 amide bonds. The van der Waals surface area contributed by atoms with Crippen molar-refractivity contribution < 1.29 is 18.3 Å². The summed E-state index contributed by atoms with van der Waals surface area (Å²) in [5.74, 6) is -1.62. The van der Waals surface area contributed by atoms with E-state index in [4.69, 9.17) is 9.47 Å². The number of halogens is 2. The minimum absolute atomic E-state index is 0.0935. The Morgan fingerprint density at radius 2 is 1.83 bits per heavy atom. The van der Waals surface area contributed by atoms with Crippen LogP contribution in [0.3, 0.4) is 0 Å². The van der Waals surface area contributed by atoms with Crippen LogP contribution in [0, 0.1) is 11.6 Å². The summed E-state index contributed by atoms with van der Waals surface area (Å²) >= 11 is 0. The molecule has 0 bridgehead atoms. The average molecular weight is 330 g/mol. The maximum atomic E-state index is 14.2. The van der Waals surface area contributed by atoms with Crippen molar-refractivity contribution in [3.63, 3.8) is 0 Å². The largest absolute Gasteiger partial charge is 0.494 e. The van der Waals surface area contributed by atoms with Gasteiger partial charge in [-0.3, -0.25) is 0 Å². The first-order chi connectivity index (χ1) is 11.6. The molecule has 1 saturated heterocycles. The number of rotatable bonds is 4. The Bertz CT molecular complexity index is 717. The van der Waals surface area contributed by atoms with Crippen LogP contribution in [0.5, 0.6) is 5.75 Å². The van der Waals surface area contributed by atoms with Crippen LogP contribution >= 0.6 is 0 Å². The second-order valence-corrected chi connectivity index (χ2v) is 5.95. The fourth-order valence-corrected chi connectivity index (χ4v) is 3.07. The zero-order valence-corrected chi connectivity index (χ0v) is 13.6. The number of methoxy groups -OCH3 is 1. The van der Waals surface area contributed by atoms with Crippen molar-refractivity contribution in [2.75, 3.05) is 13.7 Å². The van der Waals surface area contributed by atoms with Gasteiger partial charge in [-0.25, -0.2) is 4.39 Å². The molecule has 0 radical (unpaired) electrons. The summed E-state index contributed by atoms with van der Waals surface area (Å²) in [5, 5.41) is 0. The SMILES string of the molecule is C=CC1CCC(c2ccc(-c3ccc(OC)c(F)c3F)cc2)CO1. The van der Waals surface area contributed by atoms with Crippen molar-refractivity contribution in [2.45, 2.75) is 24.9 Å². The van der Waals surface area contributed by atoms with Crippen LogP contribution in [0.4, 0.5) is 8.78 Å². The third-order valence-electron chi connectivity index (χ3n) is 4.53. The van der Waals surface area contributed by atoms with Crippen LogP contribution in [0.2, 0.25) is 0 Å². The lowest BCUT2D eigenvalue weighted by atomic mass is 9.90. The van der Waals surface area contributed by atoms with Crippen molar-refractivity contribution in [3.8, 4) is 16.9 Å². The third-order valence-corrected chi connectivity index (χ3v) is 4.53. The van der Waals surface area contributed by atoms with Gasteiger partial charge in [0.25, 0.3) is 0 Å². The molecule has 2 nitrogen and oxygen atoms in total. The van der Waals surface area contributed by atoms with Crippen LogP contribution in [0.1, 0.15) is 24.3 Å². The van der Waals surface area contributed by atoms with Gasteiger partial charge in [-0.2, -0.15) is 4.39 Å². The summed E-state index contributed by atoms with van der Waals surface area (Å²) in [5.41, 5.74) is 2.01. The van der Waals surface area contributed by atoms with Crippen molar-refractivity contribution in [2.24, 2.45) is 0 Å². The van der Waals surface area contributed by atoms with Crippen molar-refractivity contribution in [3.05, 3.63) is 66.3 Å². The highest BCUT2D eigenvalue weighted by molar-refractivity contribution is 5.65. The average Bonchev–Trinajstić information content (AvgIpc) is 2.64. The highest BCUT2D eigenvalue weighted by atomic mass is 19.2. The van der Waals surface area contributed by atoms with Gasteiger partial charge in [0, 0.05) is 11.5 Å². The Balaban J connectivity index is 1.80. The van der Waals surface area contributed by atoms with E-state index < -0.39 is 11.6 Å². The molecule has 1 fully saturated rings. The number of hydrogen-bond donors (Lipinski definition) is 0. The maximum Gasteiger partial charge on any atom is 0.201 e. The van der Waals surface area contributed by atoms with Gasteiger partial charge >= 0.3 is 0 Å². The molecule has 1 aliphatic heterocycles. The first-order valence-electron chi connectivity index (χ1n) is 8.00. The number of benzene rings is 2. The number of ether oxygens (including phenoxy) is 2. The van der Waals surface area contributed by atoms with Crippen LogP contribution in [-0.2, 0) is 4.74 Å². The van der Waals surface area contributed by atoms with E-state index >= 15 is 0 Å². The summed E-state index contributed by atoms with van der Waals surface area (Å²) < 4.78 is 38.6. The zero-order valence-electron chi connectivity index (χ0n) is 13.6. The molecule has 24 heavy (non-hydrogen) atoms. The second-order valence-electron chi connectivity index (χ2n) is 5.95. The molecule has 2 aromatic carbocycles. The summed E-state index contributed by atoms with van der Waals surface area (Å²) in [6.07, 6.45) is 3.95. The zero-order chi connectivity index (χ0) is 17.1. The van der Waals surface area contributed by atoms with E-state index in [1.54, 1.807) is 0 Å². The van der Waals surface area contributed by atoms with Crippen molar-refractivity contribution in [1.82, 2.24) is 0 Å². The third kappa shape index (κ3) is 3.20. The van der Waals surface area contributed by atoms with Crippen LogP contribution in [0.15, 0.2) is 49.1 Å². The van der Waals surface area contributed by atoms with Gasteiger partial charge in [0.05, 0.1) is 19.8 Å². The molecule has 0 aliphatic carbocycles. The Labute approximate surface area is 140 Å². The predicted octanol–water partition coefficient (Wildman–Crippen LogP) is 5.09. The summed E-state index contributed by atoms with van der Waals surface area (Å²) in [7, 11) is 1.31. The highest BCUT2D eigenvalue weighted by Gasteiger charge is 2.21. The molecule has 0 aromatic heterocycles. The Hall–Kier alpha value is -2.20. The first kappa shape index (κ1) is 16.7. The topological polar surface area (TPSA) is 18.5 Å². The molecule has 0 saturated carbocycles.